The maximum absolute atomic E-state index is 14.6. The van der Waals surface area contributed by atoms with Crippen molar-refractivity contribution in [3.63, 3.8) is 0 Å². The van der Waals surface area contributed by atoms with Crippen LogP contribution in [0.25, 0.3) is 4.85 Å². The van der Waals surface area contributed by atoms with E-state index < -0.39 is 10.8 Å². The summed E-state index contributed by atoms with van der Waals surface area (Å²) in [4.78, 5) is 31.6. The van der Waals surface area contributed by atoms with E-state index in [0.717, 1.165) is 56.4 Å². The van der Waals surface area contributed by atoms with E-state index in [1.807, 2.05) is 26.0 Å². The van der Waals surface area contributed by atoms with Crippen LogP contribution in [-0.2, 0) is 15.0 Å². The highest BCUT2D eigenvalue weighted by Crippen LogP contribution is 2.74. The summed E-state index contributed by atoms with van der Waals surface area (Å²) in [5.74, 6) is 1.99. The van der Waals surface area contributed by atoms with Gasteiger partial charge in [0.25, 0.3) is 0 Å². The first-order valence-corrected chi connectivity index (χ1v) is 15.7. The molecule has 41 heavy (non-hydrogen) atoms. The molecule has 3 fully saturated rings. The monoisotopic (exact) mass is 557 g/mol. The first-order chi connectivity index (χ1) is 19.0. The SMILES string of the molecule is [C-]#[N+]C1=C[C@]2(C)C3=CC(=O)[C@@H]4[C@@H]5C[C@@](C)(c6nnc(C(C)C)o6)CC[C@]5(C)CC[C@@]4(C)[C@]3(C)CC[C@H]2C(C)(C)C1=O. The fraction of sp³-hybridized carbons (Fsp3) is 0.743. The molecular weight excluding hydrogens is 510 g/mol. The van der Waals surface area contributed by atoms with Gasteiger partial charge in [0.05, 0.1) is 6.57 Å². The molecule has 1 aromatic heterocycles. The summed E-state index contributed by atoms with van der Waals surface area (Å²) in [6, 6.07) is 0. The molecule has 0 aliphatic heterocycles. The Hall–Kier alpha value is -2.55. The molecule has 0 spiro atoms. The van der Waals surface area contributed by atoms with Crippen LogP contribution in [0.4, 0.5) is 0 Å². The van der Waals surface area contributed by atoms with Crippen molar-refractivity contribution in [1.29, 1.82) is 0 Å². The number of allylic oxidation sites excluding steroid dienone is 4. The highest BCUT2D eigenvalue weighted by Gasteiger charge is 2.69. The van der Waals surface area contributed by atoms with Gasteiger partial charge in [-0.25, -0.2) is 4.85 Å². The minimum absolute atomic E-state index is 0.0537. The molecule has 5 aliphatic carbocycles. The summed E-state index contributed by atoms with van der Waals surface area (Å²) in [5.41, 5.74) is -0.293. The van der Waals surface area contributed by atoms with E-state index >= 15 is 0 Å². The van der Waals surface area contributed by atoms with E-state index in [2.05, 4.69) is 63.5 Å². The summed E-state index contributed by atoms with van der Waals surface area (Å²) in [5, 5.41) is 8.90. The molecular formula is C35H47N3O3. The Kier molecular flexibility index (Phi) is 5.93. The second kappa shape index (κ2) is 8.51. The first-order valence-electron chi connectivity index (χ1n) is 15.7. The number of carbonyl (C=O) groups excluding carboxylic acids is 2. The highest BCUT2D eigenvalue weighted by atomic mass is 16.4. The summed E-state index contributed by atoms with van der Waals surface area (Å²) in [6.07, 6.45) is 10.8. The number of nitrogens with zero attached hydrogens (tertiary/aromatic N) is 3. The molecule has 6 heteroatoms. The fourth-order valence-corrected chi connectivity index (χ4v) is 10.6. The lowest BCUT2D eigenvalue weighted by Gasteiger charge is -2.69. The lowest BCUT2D eigenvalue weighted by molar-refractivity contribution is -0.166. The second-order valence-corrected chi connectivity index (χ2v) is 16.4. The van der Waals surface area contributed by atoms with Crippen LogP contribution in [0.1, 0.15) is 125 Å². The smallest absolute Gasteiger partial charge is 0.226 e. The van der Waals surface area contributed by atoms with Crippen LogP contribution in [0, 0.1) is 51.4 Å². The standard InChI is InChI=1S/C35H47N3O3/c1-20(2)28-37-38-29(41-28)32(6)14-13-31(5)15-16-35(9)26(21(31)18-32)23(39)17-25-33(7)19-22(36-10)27(40)30(3,4)24(33)11-12-34(25,35)8/h17,19-21,24,26H,11-16,18H2,1-9H3/t21-,24-,26-,31+,32-,33-,34+,35+/m0/s1. The summed E-state index contributed by atoms with van der Waals surface area (Å²) < 4.78 is 6.24. The Morgan fingerprint density at radius 2 is 1.66 bits per heavy atom. The predicted molar refractivity (Wildman–Crippen MR) is 158 cm³/mol. The molecule has 6 rings (SSSR count). The zero-order chi connectivity index (χ0) is 30.0. The van der Waals surface area contributed by atoms with Crippen molar-refractivity contribution in [2.24, 2.45) is 44.8 Å². The van der Waals surface area contributed by atoms with Gasteiger partial charge in [0, 0.05) is 28.1 Å². The maximum atomic E-state index is 14.6. The number of ketones is 2. The van der Waals surface area contributed by atoms with Crippen LogP contribution in [0.5, 0.6) is 0 Å². The molecule has 0 saturated heterocycles. The molecule has 8 atom stereocenters. The lowest BCUT2D eigenvalue weighted by atomic mass is 9.34. The molecule has 0 amide bonds. The lowest BCUT2D eigenvalue weighted by Crippen LogP contribution is -2.64. The minimum atomic E-state index is -0.637. The highest BCUT2D eigenvalue weighted by molar-refractivity contribution is 6.03. The second-order valence-electron chi connectivity index (χ2n) is 16.4. The number of Topliss-reactive ketones (excluding diaryl/α,β-unsaturated/α-hetero) is 1. The molecule has 5 aliphatic rings. The molecule has 0 aromatic carbocycles. The third-order valence-corrected chi connectivity index (χ3v) is 13.5. The van der Waals surface area contributed by atoms with Crippen molar-refractivity contribution in [2.45, 2.75) is 119 Å². The third-order valence-electron chi connectivity index (χ3n) is 13.5. The topological polar surface area (TPSA) is 77.4 Å². The van der Waals surface area contributed by atoms with E-state index in [-0.39, 0.29) is 62.6 Å². The Bertz CT molecular complexity index is 1440. The number of hydrogen-bond acceptors (Lipinski definition) is 5. The molecule has 220 valence electrons. The summed E-state index contributed by atoms with van der Waals surface area (Å²) in [6.45, 7) is 27.6. The van der Waals surface area contributed by atoms with Gasteiger partial charge in [-0.15, -0.1) is 10.2 Å². The third kappa shape index (κ3) is 3.53. The molecule has 0 N–H and O–H groups in total. The van der Waals surface area contributed by atoms with Crippen molar-refractivity contribution in [1.82, 2.24) is 10.2 Å². The number of aromatic nitrogens is 2. The molecule has 0 bridgehead atoms. The number of hydrogen-bond donors (Lipinski definition) is 0. The largest absolute Gasteiger partial charge is 0.424 e. The Morgan fingerprint density at radius 1 is 0.976 bits per heavy atom. The van der Waals surface area contributed by atoms with Crippen LogP contribution >= 0.6 is 0 Å². The Balaban J connectivity index is 1.46. The predicted octanol–water partition coefficient (Wildman–Crippen LogP) is 8.02. The normalized spacial score (nSPS) is 45.0. The van der Waals surface area contributed by atoms with Crippen molar-refractivity contribution >= 4 is 11.6 Å². The average Bonchev–Trinajstić information content (AvgIpc) is 3.41. The van der Waals surface area contributed by atoms with E-state index in [0.29, 0.717) is 5.89 Å². The van der Waals surface area contributed by atoms with Gasteiger partial charge < -0.3 is 9.21 Å². The van der Waals surface area contributed by atoms with Crippen molar-refractivity contribution < 1.29 is 14.0 Å². The molecule has 3 saturated carbocycles. The van der Waals surface area contributed by atoms with Gasteiger partial charge in [-0.3, -0.25) is 4.79 Å². The molecule has 0 unspecified atom stereocenters. The van der Waals surface area contributed by atoms with E-state index in [1.54, 1.807) is 0 Å². The summed E-state index contributed by atoms with van der Waals surface area (Å²) in [7, 11) is 0. The van der Waals surface area contributed by atoms with Gasteiger partial charge in [-0.05, 0) is 79.1 Å². The van der Waals surface area contributed by atoms with Crippen molar-refractivity contribution in [2.75, 3.05) is 0 Å². The number of rotatable bonds is 2. The van der Waals surface area contributed by atoms with Gasteiger partial charge in [0.2, 0.25) is 17.5 Å². The van der Waals surface area contributed by atoms with Gasteiger partial charge in [0.1, 0.15) is 0 Å². The molecule has 6 nitrogen and oxygen atoms in total. The van der Waals surface area contributed by atoms with Crippen LogP contribution < -0.4 is 0 Å². The van der Waals surface area contributed by atoms with Crippen LogP contribution in [0.3, 0.4) is 0 Å². The average molecular weight is 558 g/mol. The zero-order valence-corrected chi connectivity index (χ0v) is 26.5. The van der Waals surface area contributed by atoms with Crippen LogP contribution in [0.15, 0.2) is 27.8 Å². The summed E-state index contributed by atoms with van der Waals surface area (Å²) >= 11 is 0. The van der Waals surface area contributed by atoms with E-state index in [4.69, 9.17) is 11.0 Å². The van der Waals surface area contributed by atoms with Gasteiger partial charge in [0.15, 0.2) is 11.6 Å². The number of carbonyl (C=O) groups is 2. The van der Waals surface area contributed by atoms with Crippen molar-refractivity contribution in [3.05, 3.63) is 46.6 Å². The van der Waals surface area contributed by atoms with Gasteiger partial charge in [-0.1, -0.05) is 74.0 Å². The van der Waals surface area contributed by atoms with E-state index in [1.165, 1.54) is 0 Å². The Morgan fingerprint density at radius 3 is 2.29 bits per heavy atom. The zero-order valence-electron chi connectivity index (χ0n) is 26.5. The molecule has 1 aromatic rings. The van der Waals surface area contributed by atoms with Crippen molar-refractivity contribution in [3.8, 4) is 0 Å². The van der Waals surface area contributed by atoms with Gasteiger partial charge in [-0.2, -0.15) is 0 Å². The molecule has 1 heterocycles. The fourth-order valence-electron chi connectivity index (χ4n) is 10.6. The Labute approximate surface area is 245 Å². The minimum Gasteiger partial charge on any atom is -0.424 e. The van der Waals surface area contributed by atoms with Crippen LogP contribution in [-0.4, -0.2) is 21.8 Å². The first kappa shape index (κ1) is 28.6. The molecule has 0 radical (unpaired) electrons. The maximum Gasteiger partial charge on any atom is 0.226 e. The van der Waals surface area contributed by atoms with Crippen LogP contribution in [0.2, 0.25) is 0 Å². The number of fused-ring (bicyclic) bond motifs is 7. The quantitative estimate of drug-likeness (QED) is 0.344. The van der Waals surface area contributed by atoms with Gasteiger partial charge >= 0.3 is 0 Å². The van der Waals surface area contributed by atoms with E-state index in [9.17, 15) is 9.59 Å².